The number of benzene rings is 2. The summed E-state index contributed by atoms with van der Waals surface area (Å²) in [7, 11) is -8.01. The Bertz CT molecular complexity index is 936. The molecule has 0 aromatic heterocycles. The van der Waals surface area contributed by atoms with Gasteiger partial charge in [0, 0.05) is 6.16 Å². The Morgan fingerprint density at radius 3 is 1.85 bits per heavy atom. The van der Waals surface area contributed by atoms with Crippen molar-refractivity contribution in [3.05, 3.63) is 59.7 Å². The van der Waals surface area contributed by atoms with Crippen LogP contribution in [0.5, 0.6) is 0 Å². The van der Waals surface area contributed by atoms with E-state index >= 15 is 0 Å². The number of hydrogen-bond donors (Lipinski definition) is 1. The van der Waals surface area contributed by atoms with Gasteiger partial charge in [-0.05, 0) is 35.1 Å². The molecule has 0 amide bonds. The van der Waals surface area contributed by atoms with E-state index < -0.39 is 21.7 Å². The van der Waals surface area contributed by atoms with Crippen LogP contribution in [0.2, 0.25) is 0 Å². The molecule has 1 unspecified atom stereocenters. The minimum absolute atomic E-state index is 0.00246. The van der Waals surface area contributed by atoms with Crippen molar-refractivity contribution in [1.29, 1.82) is 0 Å². The molecule has 0 radical (unpaired) electrons. The molecule has 0 heterocycles. The molecule has 3 rings (SSSR count). The first kappa shape index (κ1) is 20.3. The molecule has 0 saturated carbocycles. The quantitative estimate of drug-likeness (QED) is 0.615. The van der Waals surface area contributed by atoms with Crippen molar-refractivity contribution >= 4 is 17.2 Å². The fourth-order valence-corrected chi connectivity index (χ4v) is 10.6. The van der Waals surface area contributed by atoms with Crippen LogP contribution in [0.25, 0.3) is 11.1 Å². The van der Waals surface area contributed by atoms with Crippen LogP contribution in [-0.2, 0) is 18.9 Å². The van der Waals surface area contributed by atoms with E-state index in [0.29, 0.717) is 30.4 Å². The summed E-state index contributed by atoms with van der Waals surface area (Å²) in [6.07, 6.45) is 2.44. The Labute approximate surface area is 162 Å². The Balaban J connectivity index is 2.40. The van der Waals surface area contributed by atoms with E-state index in [4.69, 9.17) is 0 Å². The van der Waals surface area contributed by atoms with E-state index in [1.54, 1.807) is 24.3 Å². The lowest BCUT2D eigenvalue weighted by molar-refractivity contribution is 0.458. The first-order chi connectivity index (χ1) is 12.8. The van der Waals surface area contributed by atoms with Crippen LogP contribution in [-0.4, -0.2) is 25.2 Å². The van der Waals surface area contributed by atoms with Gasteiger partial charge >= 0.3 is 0 Å². The first-order valence-corrected chi connectivity index (χ1v) is 13.1. The highest BCUT2D eigenvalue weighted by molar-refractivity contribution is 8.00. The van der Waals surface area contributed by atoms with Crippen molar-refractivity contribution in [1.82, 2.24) is 0 Å². The molecule has 1 aliphatic carbocycles. The van der Waals surface area contributed by atoms with Crippen LogP contribution in [0, 0.1) is 0 Å². The lowest BCUT2D eigenvalue weighted by Gasteiger charge is -2.35. The highest BCUT2D eigenvalue weighted by Gasteiger charge is 2.63. The molecule has 4 nitrogen and oxygen atoms in total. The molecule has 2 aromatic carbocycles. The van der Waals surface area contributed by atoms with Gasteiger partial charge in [0.05, 0.1) is 5.75 Å². The lowest BCUT2D eigenvalue weighted by atomic mass is 10.1. The molecule has 0 aliphatic heterocycles. The minimum Gasteiger partial charge on any atom is -0.343 e. The minimum atomic E-state index is -4.10. The second kappa shape index (κ2) is 7.54. The zero-order valence-corrected chi connectivity index (χ0v) is 17.6. The van der Waals surface area contributed by atoms with Crippen LogP contribution in [0.1, 0.15) is 50.7 Å². The monoisotopic (exact) mass is 406 g/mol. The summed E-state index contributed by atoms with van der Waals surface area (Å²) >= 11 is 0. The second-order valence-electron chi connectivity index (χ2n) is 7.19. The number of rotatable bonds is 8. The van der Waals surface area contributed by atoms with Gasteiger partial charge in [-0.1, -0.05) is 75.2 Å². The molecule has 0 fully saturated rings. The van der Waals surface area contributed by atoms with Crippen LogP contribution >= 0.6 is 7.37 Å². The van der Waals surface area contributed by atoms with Crippen LogP contribution in [0.15, 0.2) is 48.5 Å². The fraction of sp³-hybridized carbons (Fsp3) is 0.429. The first-order valence-electron chi connectivity index (χ1n) is 9.57. The lowest BCUT2D eigenvalue weighted by Crippen LogP contribution is -2.38. The van der Waals surface area contributed by atoms with Gasteiger partial charge in [-0.15, -0.1) is 0 Å². The van der Waals surface area contributed by atoms with Crippen LogP contribution < -0.4 is 0 Å². The average Bonchev–Trinajstić information content (AvgIpc) is 2.97. The summed E-state index contributed by atoms with van der Waals surface area (Å²) < 4.78 is 39.4. The van der Waals surface area contributed by atoms with E-state index in [1.165, 1.54) is 0 Å². The summed E-state index contributed by atoms with van der Waals surface area (Å²) in [5.74, 6) is -0.0944. The second-order valence-corrected chi connectivity index (χ2v) is 12.3. The number of unbranched alkanes of at least 4 members (excludes halogenated alkanes) is 2. The molecule has 146 valence electrons. The largest absolute Gasteiger partial charge is 0.343 e. The van der Waals surface area contributed by atoms with Crippen molar-refractivity contribution in [3.63, 3.8) is 0 Å². The highest BCUT2D eigenvalue weighted by atomic mass is 32.2. The molecule has 0 saturated heterocycles. The highest BCUT2D eigenvalue weighted by Crippen LogP contribution is 2.71. The maximum absolute atomic E-state index is 13.8. The van der Waals surface area contributed by atoms with Gasteiger partial charge in [0.1, 0.15) is 0 Å². The van der Waals surface area contributed by atoms with Gasteiger partial charge in [-0.2, -0.15) is 0 Å². The van der Waals surface area contributed by atoms with Crippen LogP contribution in [0.4, 0.5) is 0 Å². The van der Waals surface area contributed by atoms with Gasteiger partial charge in [0.2, 0.25) is 7.37 Å². The molecule has 1 N–H and O–H groups in total. The predicted octanol–water partition coefficient (Wildman–Crippen LogP) is 5.15. The summed E-state index contributed by atoms with van der Waals surface area (Å²) in [6.45, 7) is 3.86. The van der Waals surface area contributed by atoms with Crippen molar-refractivity contribution in [2.45, 2.75) is 44.0 Å². The van der Waals surface area contributed by atoms with Crippen LogP contribution in [0.3, 0.4) is 0 Å². The molecule has 27 heavy (non-hydrogen) atoms. The van der Waals surface area contributed by atoms with Gasteiger partial charge in [-0.25, -0.2) is 8.42 Å². The summed E-state index contributed by atoms with van der Waals surface area (Å²) in [5, 5.41) is 0. The van der Waals surface area contributed by atoms with E-state index in [0.717, 1.165) is 17.5 Å². The van der Waals surface area contributed by atoms with Gasteiger partial charge in [-0.3, -0.25) is 4.57 Å². The number of fused-ring (bicyclic) bond motifs is 3. The number of hydrogen-bond acceptors (Lipinski definition) is 3. The molecule has 6 heteroatoms. The molecular formula is C21H27O4PS. The van der Waals surface area contributed by atoms with Crippen molar-refractivity contribution in [2.24, 2.45) is 0 Å². The summed E-state index contributed by atoms with van der Waals surface area (Å²) in [5.41, 5.74) is 2.42. The Hall–Kier alpha value is -1.42. The molecular weight excluding hydrogens is 379 g/mol. The van der Waals surface area contributed by atoms with Gasteiger partial charge in [0.25, 0.3) is 0 Å². The SMILES string of the molecule is CCCCP(=O)(O)C1(S(=O)(=O)CCCC)c2ccccc2-c2ccccc21. The third kappa shape index (κ3) is 3.00. The topological polar surface area (TPSA) is 71.4 Å². The standard InChI is InChI=1S/C21H27O4PS/c1-3-5-15-26(22,23)21(27(24,25)16-6-4-2)19-13-9-7-11-17(19)18-12-8-10-14-20(18)21/h7-14H,3-6,15-16H2,1-2H3,(H,22,23). The van der Waals surface area contributed by atoms with Crippen molar-refractivity contribution in [3.8, 4) is 11.1 Å². The summed E-state index contributed by atoms with van der Waals surface area (Å²) in [4.78, 5) is 11.3. The van der Waals surface area contributed by atoms with Crippen molar-refractivity contribution in [2.75, 3.05) is 11.9 Å². The Kier molecular flexibility index (Phi) is 5.67. The molecule has 0 spiro atoms. The third-order valence-corrected chi connectivity index (χ3v) is 11.6. The molecule has 0 bridgehead atoms. The average molecular weight is 406 g/mol. The molecule has 1 aliphatic rings. The molecule has 2 aromatic rings. The maximum atomic E-state index is 13.8. The zero-order chi connectivity index (χ0) is 19.7. The maximum Gasteiger partial charge on any atom is 0.230 e. The van der Waals surface area contributed by atoms with E-state index in [-0.39, 0.29) is 11.9 Å². The fourth-order valence-electron chi connectivity index (χ4n) is 4.11. The van der Waals surface area contributed by atoms with E-state index in [9.17, 15) is 17.9 Å². The predicted molar refractivity (Wildman–Crippen MR) is 111 cm³/mol. The number of sulfone groups is 1. The van der Waals surface area contributed by atoms with Gasteiger partial charge in [0.15, 0.2) is 14.3 Å². The Morgan fingerprint density at radius 1 is 0.889 bits per heavy atom. The normalized spacial score (nSPS) is 17.1. The third-order valence-electron chi connectivity index (χ3n) is 5.40. The Morgan fingerprint density at radius 2 is 1.37 bits per heavy atom. The smallest absolute Gasteiger partial charge is 0.230 e. The summed E-state index contributed by atoms with van der Waals surface area (Å²) in [6, 6.07) is 14.3. The van der Waals surface area contributed by atoms with E-state index in [1.807, 2.05) is 38.1 Å². The molecule has 1 atom stereocenters. The zero-order valence-electron chi connectivity index (χ0n) is 15.9. The van der Waals surface area contributed by atoms with E-state index in [2.05, 4.69) is 0 Å². The van der Waals surface area contributed by atoms with Crippen molar-refractivity contribution < 1.29 is 17.9 Å². The van der Waals surface area contributed by atoms with Gasteiger partial charge < -0.3 is 4.89 Å².